The van der Waals surface area contributed by atoms with E-state index in [0.717, 1.165) is 21.8 Å². The molecule has 0 unspecified atom stereocenters. The van der Waals surface area contributed by atoms with Crippen LogP contribution in [0.3, 0.4) is 0 Å². The Labute approximate surface area is 118 Å². The van der Waals surface area contributed by atoms with Crippen LogP contribution >= 0.6 is 15.9 Å². The van der Waals surface area contributed by atoms with Gasteiger partial charge in [-0.2, -0.15) is 5.10 Å². The third kappa shape index (κ3) is 2.15. The zero-order valence-corrected chi connectivity index (χ0v) is 12.0. The number of hydrogen-bond acceptors (Lipinski definition) is 4. The lowest BCUT2D eigenvalue weighted by molar-refractivity contribution is 0.0585. The number of carbonyl (C=O) groups is 1. The predicted molar refractivity (Wildman–Crippen MR) is 73.2 cm³/mol. The summed E-state index contributed by atoms with van der Waals surface area (Å²) in [6.45, 7) is 1.28. The third-order valence-corrected chi connectivity index (χ3v) is 3.78. The van der Waals surface area contributed by atoms with Crippen LogP contribution in [0.15, 0.2) is 22.7 Å². The molecule has 1 aromatic carbocycles. The van der Waals surface area contributed by atoms with Gasteiger partial charge in [-0.15, -0.1) is 0 Å². The summed E-state index contributed by atoms with van der Waals surface area (Å²) in [5, 5.41) is 5.32. The van der Waals surface area contributed by atoms with E-state index in [0.29, 0.717) is 18.9 Å². The van der Waals surface area contributed by atoms with Crippen molar-refractivity contribution in [2.75, 3.05) is 20.3 Å². The largest absolute Gasteiger partial charge is 0.464 e. The molecule has 1 aliphatic heterocycles. The van der Waals surface area contributed by atoms with Gasteiger partial charge in [0.2, 0.25) is 0 Å². The Morgan fingerprint density at radius 1 is 1.58 bits per heavy atom. The smallest absolute Gasteiger partial charge is 0.356 e. The molecule has 1 aromatic heterocycles. The Kier molecular flexibility index (Phi) is 3.28. The van der Waals surface area contributed by atoms with Crippen molar-refractivity contribution in [3.8, 4) is 0 Å². The molecule has 6 heteroatoms. The lowest BCUT2D eigenvalue weighted by Crippen LogP contribution is -2.17. The number of aromatic nitrogens is 2. The maximum Gasteiger partial charge on any atom is 0.356 e. The molecule has 2 heterocycles. The van der Waals surface area contributed by atoms with Crippen LogP contribution in [-0.4, -0.2) is 36.1 Å². The van der Waals surface area contributed by atoms with Crippen LogP contribution in [0.5, 0.6) is 0 Å². The molecule has 1 aliphatic rings. The van der Waals surface area contributed by atoms with Crippen LogP contribution in [0.4, 0.5) is 0 Å². The van der Waals surface area contributed by atoms with Crippen molar-refractivity contribution in [1.82, 2.24) is 9.78 Å². The van der Waals surface area contributed by atoms with Crippen molar-refractivity contribution >= 4 is 32.8 Å². The predicted octanol–water partition coefficient (Wildman–Crippen LogP) is 2.55. The summed E-state index contributed by atoms with van der Waals surface area (Å²) in [5.41, 5.74) is 1.28. The number of benzene rings is 1. The summed E-state index contributed by atoms with van der Waals surface area (Å²) >= 11 is 3.42. The van der Waals surface area contributed by atoms with E-state index < -0.39 is 0 Å². The first-order valence-corrected chi connectivity index (χ1v) is 6.84. The maximum atomic E-state index is 12.0. The Bertz CT molecular complexity index is 632. The van der Waals surface area contributed by atoms with Crippen LogP contribution < -0.4 is 0 Å². The second-order valence-electron chi connectivity index (χ2n) is 4.46. The number of nitrogens with zero attached hydrogens (tertiary/aromatic N) is 2. The Morgan fingerprint density at radius 3 is 3.11 bits per heavy atom. The Hall–Kier alpha value is -1.40. The van der Waals surface area contributed by atoms with Crippen LogP contribution in [-0.2, 0) is 9.47 Å². The fraction of sp³-hybridized carbons (Fsp3) is 0.385. The van der Waals surface area contributed by atoms with E-state index in [1.54, 1.807) is 4.68 Å². The molecule has 0 spiro atoms. The number of methoxy groups -OCH3 is 1. The fourth-order valence-corrected chi connectivity index (χ4v) is 2.72. The number of rotatable bonds is 2. The first-order chi connectivity index (χ1) is 9.20. The van der Waals surface area contributed by atoms with Crippen LogP contribution in [0.25, 0.3) is 10.9 Å². The van der Waals surface area contributed by atoms with E-state index in [4.69, 9.17) is 9.47 Å². The highest BCUT2D eigenvalue weighted by atomic mass is 79.9. The molecule has 1 atom stereocenters. The summed E-state index contributed by atoms with van der Waals surface area (Å²) in [6.07, 6.45) is 0.860. The molecule has 0 amide bonds. The topological polar surface area (TPSA) is 53.3 Å². The second-order valence-corrected chi connectivity index (χ2v) is 5.38. The second kappa shape index (κ2) is 4.94. The SMILES string of the molecule is COC(=O)c1c2cc(Br)ccc2nn1[C@H]1CCOC1. The van der Waals surface area contributed by atoms with Crippen molar-refractivity contribution < 1.29 is 14.3 Å². The van der Waals surface area contributed by atoms with Crippen molar-refractivity contribution in [2.45, 2.75) is 12.5 Å². The lowest BCUT2D eigenvalue weighted by atomic mass is 10.2. The minimum absolute atomic E-state index is 0.0975. The van der Waals surface area contributed by atoms with Crippen molar-refractivity contribution in [3.05, 3.63) is 28.4 Å². The van der Waals surface area contributed by atoms with Gasteiger partial charge in [-0.05, 0) is 24.6 Å². The quantitative estimate of drug-likeness (QED) is 0.797. The highest BCUT2D eigenvalue weighted by molar-refractivity contribution is 9.10. The highest BCUT2D eigenvalue weighted by Crippen LogP contribution is 2.28. The van der Waals surface area contributed by atoms with Gasteiger partial charge < -0.3 is 9.47 Å². The van der Waals surface area contributed by atoms with E-state index in [2.05, 4.69) is 21.0 Å². The van der Waals surface area contributed by atoms with Gasteiger partial charge in [0, 0.05) is 16.5 Å². The standard InChI is InChI=1S/C13H13BrN2O3/c1-18-13(17)12-10-6-8(14)2-3-11(10)15-16(12)9-4-5-19-7-9/h2-3,6,9H,4-5,7H2,1H3/t9-/m0/s1. The molecule has 2 aromatic rings. The summed E-state index contributed by atoms with van der Waals surface area (Å²) < 4.78 is 12.9. The van der Waals surface area contributed by atoms with E-state index in [1.165, 1.54) is 7.11 Å². The molecular formula is C13H13BrN2O3. The molecule has 100 valence electrons. The highest BCUT2D eigenvalue weighted by Gasteiger charge is 2.27. The minimum atomic E-state index is -0.368. The first kappa shape index (κ1) is 12.6. The van der Waals surface area contributed by atoms with Crippen molar-refractivity contribution in [2.24, 2.45) is 0 Å². The van der Waals surface area contributed by atoms with E-state index >= 15 is 0 Å². The number of hydrogen-bond donors (Lipinski definition) is 0. The number of fused-ring (bicyclic) bond motifs is 1. The van der Waals surface area contributed by atoms with Crippen LogP contribution in [0.2, 0.25) is 0 Å². The molecule has 19 heavy (non-hydrogen) atoms. The maximum absolute atomic E-state index is 12.0. The van der Waals surface area contributed by atoms with Gasteiger partial charge in [0.15, 0.2) is 5.69 Å². The van der Waals surface area contributed by atoms with E-state index in [1.807, 2.05) is 18.2 Å². The Morgan fingerprint density at radius 2 is 2.42 bits per heavy atom. The van der Waals surface area contributed by atoms with Gasteiger partial charge in [0.1, 0.15) is 0 Å². The zero-order valence-electron chi connectivity index (χ0n) is 10.4. The Balaban J connectivity index is 2.21. The van der Waals surface area contributed by atoms with Crippen molar-refractivity contribution in [3.63, 3.8) is 0 Å². The van der Waals surface area contributed by atoms with E-state index in [-0.39, 0.29) is 12.0 Å². The number of ether oxygens (including phenoxy) is 2. The monoisotopic (exact) mass is 324 g/mol. The van der Waals surface area contributed by atoms with E-state index in [9.17, 15) is 4.79 Å². The summed E-state index contributed by atoms with van der Waals surface area (Å²) in [4.78, 5) is 12.0. The van der Waals surface area contributed by atoms with Gasteiger partial charge in [0.25, 0.3) is 0 Å². The molecule has 3 rings (SSSR count). The molecule has 1 saturated heterocycles. The number of halogens is 1. The molecule has 0 bridgehead atoms. The average Bonchev–Trinajstić information content (AvgIpc) is 3.03. The molecular weight excluding hydrogens is 312 g/mol. The molecule has 1 fully saturated rings. The minimum Gasteiger partial charge on any atom is -0.464 e. The van der Waals surface area contributed by atoms with Crippen LogP contribution in [0.1, 0.15) is 23.0 Å². The molecule has 0 saturated carbocycles. The van der Waals surface area contributed by atoms with Gasteiger partial charge in [-0.3, -0.25) is 4.68 Å². The molecule has 5 nitrogen and oxygen atoms in total. The zero-order chi connectivity index (χ0) is 13.4. The molecule has 0 aliphatic carbocycles. The van der Waals surface area contributed by atoms with Gasteiger partial charge in [-0.25, -0.2) is 4.79 Å². The van der Waals surface area contributed by atoms with Gasteiger partial charge >= 0.3 is 5.97 Å². The number of esters is 1. The first-order valence-electron chi connectivity index (χ1n) is 6.04. The summed E-state index contributed by atoms with van der Waals surface area (Å²) in [5.74, 6) is -0.368. The van der Waals surface area contributed by atoms with Gasteiger partial charge in [0.05, 0.1) is 25.3 Å². The third-order valence-electron chi connectivity index (χ3n) is 3.29. The molecule has 0 N–H and O–H groups in total. The van der Waals surface area contributed by atoms with Gasteiger partial charge in [-0.1, -0.05) is 15.9 Å². The fourth-order valence-electron chi connectivity index (χ4n) is 2.35. The summed E-state index contributed by atoms with van der Waals surface area (Å²) in [6, 6.07) is 5.78. The average molecular weight is 325 g/mol. The lowest BCUT2D eigenvalue weighted by Gasteiger charge is -2.11. The molecule has 0 radical (unpaired) electrons. The summed E-state index contributed by atoms with van der Waals surface area (Å²) in [7, 11) is 1.38. The van der Waals surface area contributed by atoms with Crippen LogP contribution in [0, 0.1) is 0 Å². The van der Waals surface area contributed by atoms with Crippen molar-refractivity contribution in [1.29, 1.82) is 0 Å². The normalized spacial score (nSPS) is 18.9. The number of carbonyl (C=O) groups excluding carboxylic acids is 1.